The van der Waals surface area contributed by atoms with Crippen molar-refractivity contribution in [2.45, 2.75) is 19.0 Å². The Morgan fingerprint density at radius 1 is 1.40 bits per heavy atom. The van der Waals surface area contributed by atoms with Crippen LogP contribution in [0.25, 0.3) is 0 Å². The lowest BCUT2D eigenvalue weighted by Gasteiger charge is -2.15. The number of halogens is 2. The lowest BCUT2D eigenvalue weighted by atomic mass is 10.2. The summed E-state index contributed by atoms with van der Waals surface area (Å²) in [5.41, 5.74) is 6.14. The van der Waals surface area contributed by atoms with Crippen molar-refractivity contribution in [3.63, 3.8) is 0 Å². The number of hydrogen-bond donors (Lipinski definition) is 1. The lowest BCUT2D eigenvalue weighted by Crippen LogP contribution is -2.26. The Bertz CT molecular complexity index is 354. The van der Waals surface area contributed by atoms with Gasteiger partial charge in [-0.25, -0.2) is 8.78 Å². The van der Waals surface area contributed by atoms with Crippen LogP contribution in [0.1, 0.15) is 12.0 Å². The van der Waals surface area contributed by atoms with Gasteiger partial charge >= 0.3 is 0 Å². The molecule has 0 aliphatic carbocycles. The van der Waals surface area contributed by atoms with E-state index in [1.54, 1.807) is 0 Å². The van der Waals surface area contributed by atoms with Crippen molar-refractivity contribution in [1.82, 2.24) is 4.90 Å². The van der Waals surface area contributed by atoms with Gasteiger partial charge in [0.25, 0.3) is 0 Å². The summed E-state index contributed by atoms with van der Waals surface area (Å²) in [6, 6.07) is 3.72. The maximum Gasteiger partial charge on any atom is 0.127 e. The molecule has 2 nitrogen and oxygen atoms in total. The van der Waals surface area contributed by atoms with Crippen molar-refractivity contribution in [1.29, 1.82) is 0 Å². The molecule has 1 unspecified atom stereocenters. The Hall–Kier alpha value is -1.00. The van der Waals surface area contributed by atoms with E-state index in [2.05, 4.69) is 0 Å². The summed E-state index contributed by atoms with van der Waals surface area (Å²) in [6.07, 6.45) is 0.928. The van der Waals surface area contributed by atoms with E-state index in [0.717, 1.165) is 25.6 Å². The van der Waals surface area contributed by atoms with Gasteiger partial charge in [-0.05, 0) is 24.6 Å². The zero-order valence-electron chi connectivity index (χ0n) is 8.42. The number of benzene rings is 1. The van der Waals surface area contributed by atoms with Crippen LogP contribution in [0.4, 0.5) is 8.78 Å². The fourth-order valence-electron chi connectivity index (χ4n) is 1.91. The van der Waals surface area contributed by atoms with Gasteiger partial charge in [-0.15, -0.1) is 0 Å². The Balaban J connectivity index is 2.07. The average Bonchev–Trinajstić information content (AvgIpc) is 2.58. The van der Waals surface area contributed by atoms with Crippen molar-refractivity contribution in [3.05, 3.63) is 35.4 Å². The summed E-state index contributed by atoms with van der Waals surface area (Å²) < 4.78 is 26.2. The molecule has 1 aromatic rings. The van der Waals surface area contributed by atoms with E-state index < -0.39 is 5.82 Å². The van der Waals surface area contributed by atoms with E-state index in [0.29, 0.717) is 12.1 Å². The number of nitrogens with two attached hydrogens (primary N) is 1. The van der Waals surface area contributed by atoms with Crippen LogP contribution in [0.2, 0.25) is 0 Å². The number of rotatable bonds is 2. The first-order chi connectivity index (χ1) is 7.15. The summed E-state index contributed by atoms with van der Waals surface area (Å²) in [6.45, 7) is 2.06. The second kappa shape index (κ2) is 4.24. The minimum atomic E-state index is -0.394. The Kier molecular flexibility index (Phi) is 2.98. The molecule has 0 saturated carbocycles. The molecule has 1 aliphatic rings. The van der Waals surface area contributed by atoms with Crippen LogP contribution in [0, 0.1) is 11.6 Å². The summed E-state index contributed by atoms with van der Waals surface area (Å²) in [4.78, 5) is 2.04. The summed E-state index contributed by atoms with van der Waals surface area (Å²) in [7, 11) is 0. The molecule has 1 atom stereocenters. The minimum absolute atomic E-state index is 0.168. The first kappa shape index (κ1) is 10.5. The monoisotopic (exact) mass is 212 g/mol. The third-order valence-electron chi connectivity index (χ3n) is 2.71. The molecule has 4 heteroatoms. The first-order valence-electron chi connectivity index (χ1n) is 5.07. The lowest BCUT2D eigenvalue weighted by molar-refractivity contribution is 0.320. The van der Waals surface area contributed by atoms with Crippen LogP contribution < -0.4 is 5.73 Å². The fourth-order valence-corrected chi connectivity index (χ4v) is 1.91. The van der Waals surface area contributed by atoms with Crippen molar-refractivity contribution >= 4 is 0 Å². The standard InChI is InChI=1S/C11H14F2N2/c12-9-1-2-11(13)8(5-9)6-15-4-3-10(14)7-15/h1-2,5,10H,3-4,6-7,14H2. The van der Waals surface area contributed by atoms with Crippen LogP contribution >= 0.6 is 0 Å². The highest BCUT2D eigenvalue weighted by molar-refractivity contribution is 5.18. The highest BCUT2D eigenvalue weighted by atomic mass is 19.1. The van der Waals surface area contributed by atoms with Crippen molar-refractivity contribution in [2.75, 3.05) is 13.1 Å². The van der Waals surface area contributed by atoms with Gasteiger partial charge in [0.15, 0.2) is 0 Å². The van der Waals surface area contributed by atoms with Gasteiger partial charge in [0, 0.05) is 31.2 Å². The van der Waals surface area contributed by atoms with E-state index in [1.807, 2.05) is 4.90 Å². The van der Waals surface area contributed by atoms with Crippen LogP contribution in [-0.2, 0) is 6.54 Å². The third-order valence-corrected chi connectivity index (χ3v) is 2.71. The molecule has 2 N–H and O–H groups in total. The van der Waals surface area contributed by atoms with Crippen LogP contribution in [0.3, 0.4) is 0 Å². The van der Waals surface area contributed by atoms with E-state index in [1.165, 1.54) is 12.1 Å². The van der Waals surface area contributed by atoms with Gasteiger partial charge in [0.05, 0.1) is 0 Å². The zero-order valence-corrected chi connectivity index (χ0v) is 8.42. The second-order valence-electron chi connectivity index (χ2n) is 4.02. The summed E-state index contributed by atoms with van der Waals surface area (Å²) in [5, 5.41) is 0. The van der Waals surface area contributed by atoms with Crippen molar-refractivity contribution in [2.24, 2.45) is 5.73 Å². The maximum atomic E-state index is 13.3. The molecule has 1 saturated heterocycles. The predicted octanol–water partition coefficient (Wildman–Crippen LogP) is 1.50. The molecule has 1 heterocycles. The van der Waals surface area contributed by atoms with Crippen molar-refractivity contribution < 1.29 is 8.78 Å². The highest BCUT2D eigenvalue weighted by Gasteiger charge is 2.20. The van der Waals surface area contributed by atoms with Gasteiger partial charge in [-0.1, -0.05) is 0 Å². The van der Waals surface area contributed by atoms with Crippen LogP contribution in [0.15, 0.2) is 18.2 Å². The predicted molar refractivity (Wildman–Crippen MR) is 54.2 cm³/mol. The van der Waals surface area contributed by atoms with E-state index in [9.17, 15) is 8.78 Å². The molecule has 0 spiro atoms. The highest BCUT2D eigenvalue weighted by Crippen LogP contribution is 2.15. The van der Waals surface area contributed by atoms with Gasteiger partial charge in [0.1, 0.15) is 11.6 Å². The molecule has 82 valence electrons. The molecular weight excluding hydrogens is 198 g/mol. The van der Waals surface area contributed by atoms with Crippen LogP contribution in [-0.4, -0.2) is 24.0 Å². The molecular formula is C11H14F2N2. The topological polar surface area (TPSA) is 29.3 Å². The van der Waals surface area contributed by atoms with Gasteiger partial charge < -0.3 is 5.73 Å². The Morgan fingerprint density at radius 2 is 2.20 bits per heavy atom. The SMILES string of the molecule is NC1CCN(Cc2cc(F)ccc2F)C1. The van der Waals surface area contributed by atoms with E-state index in [4.69, 9.17) is 5.73 Å². The third kappa shape index (κ3) is 2.52. The summed E-state index contributed by atoms with van der Waals surface area (Å²) >= 11 is 0. The normalized spacial score (nSPS) is 22.2. The molecule has 1 aromatic carbocycles. The average molecular weight is 212 g/mol. The van der Waals surface area contributed by atoms with Gasteiger partial charge in [0.2, 0.25) is 0 Å². The largest absolute Gasteiger partial charge is 0.326 e. The Labute approximate surface area is 87.7 Å². The van der Waals surface area contributed by atoms with Crippen molar-refractivity contribution in [3.8, 4) is 0 Å². The minimum Gasteiger partial charge on any atom is -0.326 e. The molecule has 2 rings (SSSR count). The smallest absolute Gasteiger partial charge is 0.127 e. The molecule has 0 aromatic heterocycles. The molecule has 15 heavy (non-hydrogen) atoms. The van der Waals surface area contributed by atoms with Gasteiger partial charge in [-0.3, -0.25) is 4.90 Å². The molecule has 1 fully saturated rings. The van der Waals surface area contributed by atoms with E-state index in [-0.39, 0.29) is 11.9 Å². The molecule has 1 aliphatic heterocycles. The summed E-state index contributed by atoms with van der Waals surface area (Å²) in [5.74, 6) is -0.744. The maximum absolute atomic E-state index is 13.3. The zero-order chi connectivity index (χ0) is 10.8. The quantitative estimate of drug-likeness (QED) is 0.805. The fraction of sp³-hybridized carbons (Fsp3) is 0.455. The van der Waals surface area contributed by atoms with Crippen LogP contribution in [0.5, 0.6) is 0 Å². The molecule has 0 bridgehead atoms. The number of likely N-dealkylation sites (tertiary alicyclic amines) is 1. The number of nitrogens with zero attached hydrogens (tertiary/aromatic N) is 1. The van der Waals surface area contributed by atoms with E-state index >= 15 is 0 Å². The number of hydrogen-bond acceptors (Lipinski definition) is 2. The first-order valence-corrected chi connectivity index (χ1v) is 5.07. The molecule has 0 amide bonds. The Morgan fingerprint density at radius 3 is 2.87 bits per heavy atom. The van der Waals surface area contributed by atoms with Gasteiger partial charge in [-0.2, -0.15) is 0 Å². The second-order valence-corrected chi connectivity index (χ2v) is 4.02. The molecule has 0 radical (unpaired) electrons.